The molecule has 3 aromatic heterocycles. The molecule has 0 bridgehead atoms. The summed E-state index contributed by atoms with van der Waals surface area (Å²) < 4.78 is 45.6. The first kappa shape index (κ1) is 25.9. The van der Waals surface area contributed by atoms with Crippen LogP contribution in [0.2, 0.25) is 0 Å². The Balaban J connectivity index is 1.35. The van der Waals surface area contributed by atoms with Gasteiger partial charge in [-0.3, -0.25) is 4.99 Å². The SMILES string of the molecule is COc1ncnc(C2CC2)c1-c1nc2c3c(nn(Cc4ccc(N=C(C)/C=C(\N)C(F)(F)F)cc4)c3n1)CCC2. The van der Waals surface area contributed by atoms with Gasteiger partial charge in [0.15, 0.2) is 11.5 Å². The van der Waals surface area contributed by atoms with Crippen LogP contribution in [0.5, 0.6) is 5.88 Å². The minimum absolute atomic E-state index is 0.159. The summed E-state index contributed by atoms with van der Waals surface area (Å²) in [5, 5.41) is 5.88. The van der Waals surface area contributed by atoms with Gasteiger partial charge in [0.05, 0.1) is 41.8 Å². The van der Waals surface area contributed by atoms with E-state index in [0.717, 1.165) is 77.4 Å². The zero-order chi connectivity index (χ0) is 28.0. The Labute approximate surface area is 228 Å². The predicted molar refractivity (Wildman–Crippen MR) is 144 cm³/mol. The molecule has 2 aliphatic carbocycles. The molecular weight excluding hydrogens is 521 g/mol. The van der Waals surface area contributed by atoms with E-state index < -0.39 is 11.9 Å². The van der Waals surface area contributed by atoms with Gasteiger partial charge in [-0.15, -0.1) is 0 Å². The highest BCUT2D eigenvalue weighted by Gasteiger charge is 2.33. The van der Waals surface area contributed by atoms with Gasteiger partial charge in [0, 0.05) is 11.6 Å². The lowest BCUT2D eigenvalue weighted by Gasteiger charge is -2.14. The van der Waals surface area contributed by atoms with Crippen molar-refractivity contribution in [2.75, 3.05) is 7.11 Å². The number of nitrogens with zero attached hydrogens (tertiary/aromatic N) is 7. The second-order valence-corrected chi connectivity index (χ2v) is 10.1. The average molecular weight is 549 g/mol. The number of ether oxygens (including phenoxy) is 1. The Morgan fingerprint density at radius 2 is 1.88 bits per heavy atom. The summed E-state index contributed by atoms with van der Waals surface area (Å²) in [6.45, 7) is 1.93. The molecule has 0 radical (unpaired) electrons. The molecule has 0 aliphatic heterocycles. The first-order valence-electron chi connectivity index (χ1n) is 13.1. The lowest BCUT2D eigenvalue weighted by molar-refractivity contribution is -0.0925. The van der Waals surface area contributed by atoms with Crippen LogP contribution in [0.1, 0.15) is 54.7 Å². The molecule has 0 spiro atoms. The van der Waals surface area contributed by atoms with Crippen molar-refractivity contribution in [2.45, 2.75) is 57.7 Å². The van der Waals surface area contributed by atoms with E-state index in [0.29, 0.717) is 29.9 Å². The number of alkyl halides is 3. The Hall–Kier alpha value is -4.35. The van der Waals surface area contributed by atoms with Crippen LogP contribution in [0.4, 0.5) is 18.9 Å². The fourth-order valence-electron chi connectivity index (χ4n) is 5.03. The van der Waals surface area contributed by atoms with E-state index in [9.17, 15) is 13.2 Å². The third-order valence-corrected chi connectivity index (χ3v) is 7.06. The Morgan fingerprint density at radius 3 is 2.58 bits per heavy atom. The summed E-state index contributed by atoms with van der Waals surface area (Å²) in [5.74, 6) is 1.36. The molecule has 1 fully saturated rings. The van der Waals surface area contributed by atoms with E-state index in [1.807, 2.05) is 16.8 Å². The molecule has 0 atom stereocenters. The van der Waals surface area contributed by atoms with Gasteiger partial charge >= 0.3 is 6.18 Å². The second kappa shape index (κ2) is 10.00. The van der Waals surface area contributed by atoms with Crippen molar-refractivity contribution in [3.05, 3.63) is 65.0 Å². The molecule has 3 heterocycles. The van der Waals surface area contributed by atoms with E-state index in [1.165, 1.54) is 13.3 Å². The summed E-state index contributed by atoms with van der Waals surface area (Å²) >= 11 is 0. The van der Waals surface area contributed by atoms with Gasteiger partial charge in [0.25, 0.3) is 0 Å². The van der Waals surface area contributed by atoms with Crippen LogP contribution < -0.4 is 10.5 Å². The van der Waals surface area contributed by atoms with Crippen LogP contribution in [0.15, 0.2) is 47.4 Å². The van der Waals surface area contributed by atoms with Crippen molar-refractivity contribution < 1.29 is 17.9 Å². The standard InChI is InChI=1S/C28H27F3N8O/c1-15(12-21(32)28(29,30)31)35-18-10-6-16(7-11-18)13-39-26-22-19(4-3-5-20(22)38-39)36-25(37-26)23-24(17-8-9-17)33-14-34-27(23)40-2/h6-7,10-12,14,17H,3-5,8-9,13,32H2,1-2H3/b21-12-,35-15?. The maximum Gasteiger partial charge on any atom is 0.430 e. The van der Waals surface area contributed by atoms with Crippen LogP contribution in [0.25, 0.3) is 22.4 Å². The number of benzene rings is 1. The van der Waals surface area contributed by atoms with Crippen molar-refractivity contribution in [3.63, 3.8) is 0 Å². The van der Waals surface area contributed by atoms with Crippen LogP contribution >= 0.6 is 0 Å². The Bertz CT molecular complexity index is 1650. The molecule has 1 saturated carbocycles. The summed E-state index contributed by atoms with van der Waals surface area (Å²) in [4.78, 5) is 23.1. The van der Waals surface area contributed by atoms with Crippen LogP contribution in [-0.4, -0.2) is 48.7 Å². The highest BCUT2D eigenvalue weighted by atomic mass is 19.4. The van der Waals surface area contributed by atoms with Gasteiger partial charge in [-0.1, -0.05) is 12.1 Å². The zero-order valence-electron chi connectivity index (χ0n) is 22.0. The lowest BCUT2D eigenvalue weighted by atomic mass is 10.0. The molecule has 2 aliphatic rings. The highest BCUT2D eigenvalue weighted by Crippen LogP contribution is 2.45. The van der Waals surface area contributed by atoms with E-state index in [1.54, 1.807) is 19.2 Å². The van der Waals surface area contributed by atoms with Gasteiger partial charge in [0.1, 0.15) is 17.6 Å². The summed E-state index contributed by atoms with van der Waals surface area (Å²) in [7, 11) is 1.59. The molecular formula is C28H27F3N8O. The number of methoxy groups -OCH3 is 1. The molecule has 0 amide bonds. The average Bonchev–Trinajstić information content (AvgIpc) is 3.72. The third kappa shape index (κ3) is 5.01. The number of halogens is 3. The van der Waals surface area contributed by atoms with Crippen molar-refractivity contribution in [3.8, 4) is 17.3 Å². The number of nitrogens with two attached hydrogens (primary N) is 1. The highest BCUT2D eigenvalue weighted by molar-refractivity contribution is 5.95. The van der Waals surface area contributed by atoms with E-state index in [-0.39, 0.29) is 5.71 Å². The first-order valence-corrected chi connectivity index (χ1v) is 13.1. The topological polar surface area (TPSA) is 117 Å². The number of hydrogen-bond acceptors (Lipinski definition) is 8. The molecule has 0 saturated heterocycles. The lowest BCUT2D eigenvalue weighted by Crippen LogP contribution is -2.20. The number of allylic oxidation sites excluding steroid dienone is 2. The first-order chi connectivity index (χ1) is 19.2. The molecule has 6 rings (SSSR count). The number of aryl methyl sites for hydroxylation is 2. The summed E-state index contributed by atoms with van der Waals surface area (Å²) in [6, 6.07) is 7.25. The summed E-state index contributed by atoms with van der Waals surface area (Å²) in [6.07, 6.45) is 2.53. The van der Waals surface area contributed by atoms with E-state index >= 15 is 0 Å². The van der Waals surface area contributed by atoms with Crippen molar-refractivity contribution >= 4 is 22.4 Å². The number of rotatable bonds is 7. The van der Waals surface area contributed by atoms with Gasteiger partial charge in [-0.25, -0.2) is 24.6 Å². The van der Waals surface area contributed by atoms with Gasteiger partial charge in [-0.05, 0) is 62.8 Å². The smallest absolute Gasteiger partial charge is 0.430 e. The molecule has 9 nitrogen and oxygen atoms in total. The van der Waals surface area contributed by atoms with Crippen LogP contribution in [0, 0.1) is 0 Å². The molecule has 12 heteroatoms. The molecule has 4 aromatic rings. The normalized spacial score (nSPS) is 16.0. The summed E-state index contributed by atoms with van der Waals surface area (Å²) in [5.41, 5.74) is 9.88. The minimum atomic E-state index is -4.59. The monoisotopic (exact) mass is 548 g/mol. The van der Waals surface area contributed by atoms with Gasteiger partial charge in [0.2, 0.25) is 5.88 Å². The van der Waals surface area contributed by atoms with Gasteiger partial charge in [-0.2, -0.15) is 18.3 Å². The molecule has 2 N–H and O–H groups in total. The number of aliphatic imine (C=N–C) groups is 1. The van der Waals surface area contributed by atoms with E-state index in [4.69, 9.17) is 25.5 Å². The number of aromatic nitrogens is 6. The largest absolute Gasteiger partial charge is 0.480 e. The van der Waals surface area contributed by atoms with E-state index in [2.05, 4.69) is 15.0 Å². The quantitative estimate of drug-likeness (QED) is 0.315. The zero-order valence-corrected chi connectivity index (χ0v) is 22.0. The second-order valence-electron chi connectivity index (χ2n) is 10.1. The molecule has 40 heavy (non-hydrogen) atoms. The third-order valence-electron chi connectivity index (χ3n) is 7.06. The van der Waals surface area contributed by atoms with Crippen molar-refractivity contribution in [1.29, 1.82) is 0 Å². The molecule has 206 valence electrons. The van der Waals surface area contributed by atoms with Crippen molar-refractivity contribution in [1.82, 2.24) is 29.7 Å². The molecule has 0 unspecified atom stereocenters. The maximum absolute atomic E-state index is 12.7. The Kier molecular flexibility index (Phi) is 6.47. The fourth-order valence-corrected chi connectivity index (χ4v) is 5.03. The predicted octanol–water partition coefficient (Wildman–Crippen LogP) is 5.20. The number of hydrogen-bond donors (Lipinski definition) is 1. The van der Waals surface area contributed by atoms with Crippen molar-refractivity contribution in [2.24, 2.45) is 10.7 Å². The van der Waals surface area contributed by atoms with Gasteiger partial charge < -0.3 is 10.5 Å². The Morgan fingerprint density at radius 1 is 1.12 bits per heavy atom. The molecule has 1 aromatic carbocycles. The fraction of sp³-hybridized carbons (Fsp3) is 0.357. The van der Waals surface area contributed by atoms with Crippen LogP contribution in [-0.2, 0) is 19.4 Å². The minimum Gasteiger partial charge on any atom is -0.480 e. The maximum atomic E-state index is 12.7. The van der Waals surface area contributed by atoms with Crippen LogP contribution in [0.3, 0.4) is 0 Å².